The number of halogens is 4. The Morgan fingerprint density at radius 1 is 1.29 bits per heavy atom. The maximum atomic E-state index is 12.5. The number of carbonyl (C=O) groups excluding carboxylic acids is 1. The summed E-state index contributed by atoms with van der Waals surface area (Å²) in [5.41, 5.74) is 0.267. The second-order valence-corrected chi connectivity index (χ2v) is 4.42. The van der Waals surface area contributed by atoms with Crippen molar-refractivity contribution in [2.45, 2.75) is 13.3 Å². The van der Waals surface area contributed by atoms with Crippen LogP contribution in [-0.4, -0.2) is 5.78 Å². The molecule has 0 aliphatic rings. The Morgan fingerprint density at radius 3 is 2.00 bits per heavy atom. The molecule has 1 nitrogen and oxygen atoms in total. The lowest BCUT2D eigenvalue weighted by molar-refractivity contribution is 0.101. The van der Waals surface area contributed by atoms with Crippen molar-refractivity contribution in [3.8, 4) is 0 Å². The van der Waals surface area contributed by atoms with E-state index in [9.17, 15) is 13.6 Å². The molecule has 0 aromatic heterocycles. The Bertz CT molecular complexity index is 354. The summed E-state index contributed by atoms with van der Waals surface area (Å²) in [5.74, 6) is -0.160. The molecule has 5 heteroatoms. The standard InChI is InChI=1S/C9H6Br2F2O/c1-4(14)5-2-6(10)8(9(12)13)7(11)3-5/h2-3,9H,1H3. The van der Waals surface area contributed by atoms with E-state index in [1.807, 2.05) is 0 Å². The number of rotatable bonds is 2. The van der Waals surface area contributed by atoms with Crippen molar-refractivity contribution < 1.29 is 13.6 Å². The Balaban J connectivity index is 3.32. The highest BCUT2D eigenvalue weighted by atomic mass is 79.9. The van der Waals surface area contributed by atoms with Gasteiger partial charge in [-0.2, -0.15) is 0 Å². The number of hydrogen-bond donors (Lipinski definition) is 0. The van der Waals surface area contributed by atoms with E-state index in [0.29, 0.717) is 5.56 Å². The summed E-state index contributed by atoms with van der Waals surface area (Å²) >= 11 is 6.01. The lowest BCUT2D eigenvalue weighted by Crippen LogP contribution is -1.96. The summed E-state index contributed by atoms with van der Waals surface area (Å²) in [5, 5.41) is 0. The van der Waals surface area contributed by atoms with Crippen molar-refractivity contribution in [2.75, 3.05) is 0 Å². The molecule has 14 heavy (non-hydrogen) atoms. The number of hydrogen-bond acceptors (Lipinski definition) is 1. The highest BCUT2D eigenvalue weighted by Gasteiger charge is 2.17. The van der Waals surface area contributed by atoms with Crippen LogP contribution in [0.5, 0.6) is 0 Å². The molecule has 0 saturated heterocycles. The third kappa shape index (κ3) is 2.39. The minimum absolute atomic E-state index is 0.130. The number of carbonyl (C=O) groups is 1. The third-order valence-electron chi connectivity index (χ3n) is 1.70. The van der Waals surface area contributed by atoms with Crippen molar-refractivity contribution in [3.05, 3.63) is 32.2 Å². The van der Waals surface area contributed by atoms with E-state index in [1.54, 1.807) is 0 Å². The van der Waals surface area contributed by atoms with E-state index in [0.717, 1.165) is 0 Å². The molecular weight excluding hydrogens is 322 g/mol. The van der Waals surface area contributed by atoms with Crippen LogP contribution in [0.1, 0.15) is 29.3 Å². The van der Waals surface area contributed by atoms with Crippen molar-refractivity contribution >= 4 is 37.6 Å². The van der Waals surface area contributed by atoms with Crippen molar-refractivity contribution in [3.63, 3.8) is 0 Å². The fourth-order valence-corrected chi connectivity index (χ4v) is 2.53. The smallest absolute Gasteiger partial charge is 0.266 e. The minimum Gasteiger partial charge on any atom is -0.295 e. The molecule has 1 aromatic rings. The van der Waals surface area contributed by atoms with Gasteiger partial charge in [-0.25, -0.2) is 8.78 Å². The van der Waals surface area contributed by atoms with E-state index in [1.165, 1.54) is 19.1 Å². The first kappa shape index (κ1) is 11.8. The largest absolute Gasteiger partial charge is 0.295 e. The summed E-state index contributed by atoms with van der Waals surface area (Å²) in [6.45, 7) is 1.39. The van der Waals surface area contributed by atoms with Gasteiger partial charge in [0.25, 0.3) is 6.43 Å². The Hall–Kier alpha value is -0.290. The molecule has 0 fully saturated rings. The summed E-state index contributed by atoms with van der Waals surface area (Å²) in [4.78, 5) is 11.0. The molecule has 0 amide bonds. The molecule has 0 spiro atoms. The second kappa shape index (κ2) is 4.49. The van der Waals surface area contributed by atoms with Gasteiger partial charge in [0.1, 0.15) is 0 Å². The SMILES string of the molecule is CC(=O)c1cc(Br)c(C(F)F)c(Br)c1. The average Bonchev–Trinajstić information content (AvgIpc) is 2.01. The second-order valence-electron chi connectivity index (χ2n) is 2.71. The lowest BCUT2D eigenvalue weighted by atomic mass is 10.1. The van der Waals surface area contributed by atoms with Crippen molar-refractivity contribution in [2.24, 2.45) is 0 Å². The predicted octanol–water partition coefficient (Wildman–Crippen LogP) is 4.35. The first-order valence-corrected chi connectivity index (χ1v) is 5.30. The predicted molar refractivity (Wildman–Crippen MR) is 56.8 cm³/mol. The first-order valence-electron chi connectivity index (χ1n) is 3.71. The maximum Gasteiger partial charge on any atom is 0.266 e. The average molecular weight is 328 g/mol. The van der Waals surface area contributed by atoms with Crippen LogP contribution in [0.2, 0.25) is 0 Å². The van der Waals surface area contributed by atoms with Gasteiger partial charge in [-0.3, -0.25) is 4.79 Å². The lowest BCUT2D eigenvalue weighted by Gasteiger charge is -2.07. The topological polar surface area (TPSA) is 17.1 Å². The van der Waals surface area contributed by atoms with E-state index in [4.69, 9.17) is 0 Å². The summed E-state index contributed by atoms with van der Waals surface area (Å²) in [6, 6.07) is 2.79. The molecule has 1 rings (SSSR count). The molecular formula is C9H6Br2F2O. The highest BCUT2D eigenvalue weighted by Crippen LogP contribution is 2.34. The van der Waals surface area contributed by atoms with Gasteiger partial charge >= 0.3 is 0 Å². The van der Waals surface area contributed by atoms with Gasteiger partial charge in [-0.15, -0.1) is 0 Å². The van der Waals surface area contributed by atoms with Crippen LogP contribution in [-0.2, 0) is 0 Å². The molecule has 0 saturated carbocycles. The fourth-order valence-electron chi connectivity index (χ4n) is 0.996. The van der Waals surface area contributed by atoms with Gasteiger partial charge in [0, 0.05) is 20.1 Å². The van der Waals surface area contributed by atoms with Crippen molar-refractivity contribution in [1.29, 1.82) is 0 Å². The van der Waals surface area contributed by atoms with Crippen LogP contribution in [0.4, 0.5) is 8.78 Å². The van der Waals surface area contributed by atoms with Crippen LogP contribution >= 0.6 is 31.9 Å². The molecule has 0 unspecified atom stereocenters. The third-order valence-corrected chi connectivity index (χ3v) is 3.02. The van der Waals surface area contributed by atoms with E-state index < -0.39 is 6.43 Å². The molecule has 1 aromatic carbocycles. The maximum absolute atomic E-state index is 12.5. The van der Waals surface area contributed by atoms with Gasteiger partial charge in [0.2, 0.25) is 0 Å². The van der Waals surface area contributed by atoms with Gasteiger partial charge in [0.15, 0.2) is 5.78 Å². The number of ketones is 1. The quantitative estimate of drug-likeness (QED) is 0.738. The fraction of sp³-hybridized carbons (Fsp3) is 0.222. The van der Waals surface area contributed by atoms with E-state index in [-0.39, 0.29) is 20.3 Å². The van der Waals surface area contributed by atoms with Crippen LogP contribution in [0, 0.1) is 0 Å². The van der Waals surface area contributed by atoms with Crippen LogP contribution < -0.4 is 0 Å². The molecule has 0 heterocycles. The Labute approximate surface area is 96.8 Å². The molecule has 0 radical (unpaired) electrons. The first-order chi connectivity index (χ1) is 6.43. The van der Waals surface area contributed by atoms with Gasteiger partial charge in [-0.05, 0) is 19.1 Å². The van der Waals surface area contributed by atoms with Gasteiger partial charge in [-0.1, -0.05) is 31.9 Å². The molecule has 76 valence electrons. The van der Waals surface area contributed by atoms with E-state index >= 15 is 0 Å². The molecule has 0 aliphatic heterocycles. The molecule has 0 atom stereocenters. The Kier molecular flexibility index (Phi) is 3.78. The number of benzene rings is 1. The summed E-state index contributed by atoms with van der Waals surface area (Å²) in [7, 11) is 0. The monoisotopic (exact) mass is 326 g/mol. The summed E-state index contributed by atoms with van der Waals surface area (Å²) < 4.78 is 25.4. The van der Waals surface area contributed by atoms with Crippen LogP contribution in [0.3, 0.4) is 0 Å². The van der Waals surface area contributed by atoms with Crippen LogP contribution in [0.25, 0.3) is 0 Å². The number of alkyl halides is 2. The van der Waals surface area contributed by atoms with Crippen molar-refractivity contribution in [1.82, 2.24) is 0 Å². The van der Waals surface area contributed by atoms with Crippen LogP contribution in [0.15, 0.2) is 21.1 Å². The minimum atomic E-state index is -2.57. The molecule has 0 bridgehead atoms. The molecule has 0 aliphatic carbocycles. The van der Waals surface area contributed by atoms with E-state index in [2.05, 4.69) is 31.9 Å². The number of Topliss-reactive ketones (excluding diaryl/α,β-unsaturated/α-hetero) is 1. The zero-order valence-electron chi connectivity index (χ0n) is 7.15. The summed E-state index contributed by atoms with van der Waals surface area (Å²) in [6.07, 6.45) is -2.57. The zero-order valence-corrected chi connectivity index (χ0v) is 10.3. The Morgan fingerprint density at radius 2 is 1.71 bits per heavy atom. The molecule has 0 N–H and O–H groups in total. The normalized spacial score (nSPS) is 10.7. The highest BCUT2D eigenvalue weighted by molar-refractivity contribution is 9.11. The van der Waals surface area contributed by atoms with Gasteiger partial charge in [0.05, 0.1) is 0 Å². The van der Waals surface area contributed by atoms with Gasteiger partial charge < -0.3 is 0 Å². The zero-order chi connectivity index (χ0) is 10.9.